The average Bonchev–Trinajstić information content (AvgIpc) is 2.52. The molecule has 2 amide bonds. The van der Waals surface area contributed by atoms with E-state index in [1.165, 1.54) is 16.7 Å². The Hall–Kier alpha value is -2.63. The maximum Gasteiger partial charge on any atom is 0.323 e. The molecule has 6 nitrogen and oxygen atoms in total. The highest BCUT2D eigenvalue weighted by Gasteiger charge is 2.29. The number of hydrogen-bond acceptors (Lipinski definition) is 3. The van der Waals surface area contributed by atoms with E-state index < -0.39 is 12.0 Å². The van der Waals surface area contributed by atoms with Crippen molar-refractivity contribution in [3.63, 3.8) is 0 Å². The molecule has 23 heavy (non-hydrogen) atoms. The molecule has 0 aliphatic carbocycles. The highest BCUT2D eigenvalue weighted by molar-refractivity contribution is 5.84. The van der Waals surface area contributed by atoms with Crippen molar-refractivity contribution in [1.29, 1.82) is 0 Å². The molecule has 1 unspecified atom stereocenters. The zero-order valence-corrected chi connectivity index (χ0v) is 13.2. The first-order chi connectivity index (χ1) is 10.9. The summed E-state index contributed by atoms with van der Waals surface area (Å²) in [6.45, 7) is 3.16. The maximum absolute atomic E-state index is 12.5. The van der Waals surface area contributed by atoms with Crippen molar-refractivity contribution in [1.82, 2.24) is 9.80 Å². The molecule has 0 spiro atoms. The summed E-state index contributed by atoms with van der Waals surface area (Å²) in [6.07, 6.45) is 3.57. The second kappa shape index (κ2) is 7.09. The summed E-state index contributed by atoms with van der Waals surface area (Å²) < 4.78 is 0. The Balaban J connectivity index is 2.27. The van der Waals surface area contributed by atoms with Crippen molar-refractivity contribution >= 4 is 23.9 Å². The van der Waals surface area contributed by atoms with Crippen LogP contribution in [-0.4, -0.2) is 45.8 Å². The van der Waals surface area contributed by atoms with Crippen LogP contribution in [0.5, 0.6) is 0 Å². The van der Waals surface area contributed by atoms with Gasteiger partial charge in [0, 0.05) is 19.7 Å². The van der Waals surface area contributed by atoms with E-state index in [-0.39, 0.29) is 24.8 Å². The number of hydrogen-bond donors (Lipinski definition) is 1. The fourth-order valence-corrected chi connectivity index (χ4v) is 2.75. The van der Waals surface area contributed by atoms with Gasteiger partial charge in [0.25, 0.3) is 0 Å². The van der Waals surface area contributed by atoms with E-state index >= 15 is 0 Å². The Bertz CT molecular complexity index is 654. The Morgan fingerprint density at radius 3 is 2.57 bits per heavy atom. The largest absolute Gasteiger partial charge is 0.480 e. The molecule has 1 aromatic carbocycles. The van der Waals surface area contributed by atoms with Crippen LogP contribution in [0.4, 0.5) is 0 Å². The number of carbonyl (C=O) groups excluding carboxylic acids is 2. The predicted molar refractivity (Wildman–Crippen MR) is 85.2 cm³/mol. The van der Waals surface area contributed by atoms with Crippen molar-refractivity contribution in [3.8, 4) is 0 Å². The van der Waals surface area contributed by atoms with Gasteiger partial charge in [-0.1, -0.05) is 24.3 Å². The molecule has 1 heterocycles. The molecule has 1 N–H and O–H groups in total. The van der Waals surface area contributed by atoms with Gasteiger partial charge in [-0.2, -0.15) is 0 Å². The number of rotatable bonds is 5. The SMILES string of the molecule is CCN(CC(=O)O)C(=O)CC1c2ccccc2C=CN1C(C)=O. The predicted octanol–water partition coefficient (Wildman–Crippen LogP) is 1.88. The number of nitrogens with zero attached hydrogens (tertiary/aromatic N) is 2. The van der Waals surface area contributed by atoms with Gasteiger partial charge in [-0.3, -0.25) is 14.4 Å². The zero-order valence-electron chi connectivity index (χ0n) is 13.2. The maximum atomic E-state index is 12.5. The minimum Gasteiger partial charge on any atom is -0.480 e. The number of carboxylic acids is 1. The van der Waals surface area contributed by atoms with Crippen LogP contribution in [0.3, 0.4) is 0 Å². The summed E-state index contributed by atoms with van der Waals surface area (Å²) >= 11 is 0. The fourth-order valence-electron chi connectivity index (χ4n) is 2.75. The van der Waals surface area contributed by atoms with Crippen molar-refractivity contribution in [2.75, 3.05) is 13.1 Å². The third-order valence-electron chi connectivity index (χ3n) is 3.90. The van der Waals surface area contributed by atoms with Crippen LogP contribution in [0, 0.1) is 0 Å². The van der Waals surface area contributed by atoms with Gasteiger partial charge >= 0.3 is 5.97 Å². The Labute approximate surface area is 135 Å². The van der Waals surface area contributed by atoms with Crippen LogP contribution in [0.1, 0.15) is 37.4 Å². The first kappa shape index (κ1) is 16.7. The highest BCUT2D eigenvalue weighted by Crippen LogP contribution is 2.33. The van der Waals surface area contributed by atoms with E-state index in [0.29, 0.717) is 6.54 Å². The summed E-state index contributed by atoms with van der Waals surface area (Å²) in [5.41, 5.74) is 1.86. The third kappa shape index (κ3) is 3.77. The van der Waals surface area contributed by atoms with Gasteiger partial charge in [-0.25, -0.2) is 0 Å². The number of aliphatic carboxylic acids is 1. The monoisotopic (exact) mass is 316 g/mol. The van der Waals surface area contributed by atoms with Crippen LogP contribution in [0.15, 0.2) is 30.5 Å². The molecule has 1 atom stereocenters. The molecule has 0 saturated heterocycles. The molecular weight excluding hydrogens is 296 g/mol. The molecule has 1 aliphatic heterocycles. The number of benzene rings is 1. The van der Waals surface area contributed by atoms with E-state index in [9.17, 15) is 14.4 Å². The van der Waals surface area contributed by atoms with Crippen molar-refractivity contribution in [2.24, 2.45) is 0 Å². The summed E-state index contributed by atoms with van der Waals surface area (Å²) in [4.78, 5) is 38.0. The molecule has 2 rings (SSSR count). The van der Waals surface area contributed by atoms with Gasteiger partial charge in [0.15, 0.2) is 0 Å². The molecule has 0 saturated carbocycles. The molecule has 0 aromatic heterocycles. The standard InChI is InChI=1S/C17H20N2O4/c1-3-18(11-17(22)23)16(21)10-15-14-7-5-4-6-13(14)8-9-19(15)12(2)20/h4-9,15H,3,10-11H2,1-2H3,(H,22,23). The van der Waals surface area contributed by atoms with Crippen molar-refractivity contribution < 1.29 is 19.5 Å². The van der Waals surface area contributed by atoms with Crippen molar-refractivity contribution in [2.45, 2.75) is 26.3 Å². The summed E-state index contributed by atoms with van der Waals surface area (Å²) in [6, 6.07) is 7.16. The number of carbonyl (C=O) groups is 3. The minimum atomic E-state index is -1.05. The lowest BCUT2D eigenvalue weighted by Gasteiger charge is -2.33. The summed E-state index contributed by atoms with van der Waals surface area (Å²) in [5.74, 6) is -1.49. The minimum absolute atomic E-state index is 0.0576. The normalized spacial score (nSPS) is 15.9. The van der Waals surface area contributed by atoms with Gasteiger partial charge in [0.2, 0.25) is 11.8 Å². The number of amides is 2. The van der Waals surface area contributed by atoms with Crippen LogP contribution in [0.25, 0.3) is 6.08 Å². The summed E-state index contributed by atoms with van der Waals surface area (Å²) in [7, 11) is 0. The smallest absolute Gasteiger partial charge is 0.323 e. The quantitative estimate of drug-likeness (QED) is 0.900. The Morgan fingerprint density at radius 2 is 1.96 bits per heavy atom. The third-order valence-corrected chi connectivity index (χ3v) is 3.90. The number of carboxylic acid groups (broad SMARTS) is 1. The first-order valence-corrected chi connectivity index (χ1v) is 7.49. The van der Waals surface area contributed by atoms with Crippen LogP contribution >= 0.6 is 0 Å². The lowest BCUT2D eigenvalue weighted by molar-refractivity contribution is -0.145. The van der Waals surface area contributed by atoms with Crippen LogP contribution in [-0.2, 0) is 14.4 Å². The van der Waals surface area contributed by atoms with E-state index in [2.05, 4.69) is 0 Å². The summed E-state index contributed by atoms with van der Waals surface area (Å²) in [5, 5.41) is 8.90. The topological polar surface area (TPSA) is 77.9 Å². The van der Waals surface area contributed by atoms with E-state index in [0.717, 1.165) is 11.1 Å². The van der Waals surface area contributed by atoms with E-state index in [4.69, 9.17) is 5.11 Å². The second-order valence-corrected chi connectivity index (χ2v) is 5.39. The van der Waals surface area contributed by atoms with Crippen LogP contribution < -0.4 is 0 Å². The molecular formula is C17H20N2O4. The molecule has 122 valence electrons. The molecule has 1 aromatic rings. The first-order valence-electron chi connectivity index (χ1n) is 7.49. The van der Waals surface area contributed by atoms with E-state index in [1.807, 2.05) is 30.3 Å². The molecule has 0 radical (unpaired) electrons. The van der Waals surface area contributed by atoms with Gasteiger partial charge < -0.3 is 14.9 Å². The lowest BCUT2D eigenvalue weighted by atomic mass is 9.93. The Morgan fingerprint density at radius 1 is 1.26 bits per heavy atom. The highest BCUT2D eigenvalue weighted by atomic mass is 16.4. The fraction of sp³-hybridized carbons (Fsp3) is 0.353. The van der Waals surface area contributed by atoms with Gasteiger partial charge in [-0.15, -0.1) is 0 Å². The molecule has 0 bridgehead atoms. The lowest BCUT2D eigenvalue weighted by Crippen LogP contribution is -2.39. The molecule has 0 fully saturated rings. The van der Waals surface area contributed by atoms with Gasteiger partial charge in [0.1, 0.15) is 6.54 Å². The van der Waals surface area contributed by atoms with Crippen molar-refractivity contribution in [3.05, 3.63) is 41.6 Å². The second-order valence-electron chi connectivity index (χ2n) is 5.39. The Kier molecular flexibility index (Phi) is 5.16. The number of fused-ring (bicyclic) bond motifs is 1. The number of likely N-dealkylation sites (N-methyl/N-ethyl adjacent to an activating group) is 1. The van der Waals surface area contributed by atoms with Crippen LogP contribution in [0.2, 0.25) is 0 Å². The molecule has 6 heteroatoms. The molecule has 1 aliphatic rings. The van der Waals surface area contributed by atoms with E-state index in [1.54, 1.807) is 13.1 Å². The zero-order chi connectivity index (χ0) is 17.0. The van der Waals surface area contributed by atoms with Gasteiger partial charge in [-0.05, 0) is 24.1 Å². The average molecular weight is 316 g/mol. The van der Waals surface area contributed by atoms with Gasteiger partial charge in [0.05, 0.1) is 12.5 Å².